The zero-order valence-electron chi connectivity index (χ0n) is 16.9. The Morgan fingerprint density at radius 3 is 2.86 bits per heavy atom. The lowest BCUT2D eigenvalue weighted by Gasteiger charge is -2.29. The van der Waals surface area contributed by atoms with E-state index in [1.807, 2.05) is 48.5 Å². The maximum atomic E-state index is 12.6. The lowest BCUT2D eigenvalue weighted by molar-refractivity contribution is -0.125. The molecule has 0 fully saturated rings. The highest BCUT2D eigenvalue weighted by Crippen LogP contribution is 2.34. The van der Waals surface area contributed by atoms with E-state index in [1.165, 1.54) is 0 Å². The Hall–Kier alpha value is -2.47. The summed E-state index contributed by atoms with van der Waals surface area (Å²) in [6.07, 6.45) is 2.52. The van der Waals surface area contributed by atoms with Crippen LogP contribution in [0.3, 0.4) is 0 Å². The molecule has 0 aromatic heterocycles. The minimum absolute atomic E-state index is 0.000721. The number of para-hydroxylation sites is 1. The SMILES string of the molecule is CCCCOc1cccc(CNC(=O)CCC(=O)N2CCSc3ccccc32)c1. The van der Waals surface area contributed by atoms with Crippen LogP contribution >= 0.6 is 11.8 Å². The molecule has 3 rings (SSSR count). The van der Waals surface area contributed by atoms with E-state index in [0.29, 0.717) is 19.7 Å². The molecule has 0 atom stereocenters. The predicted octanol–water partition coefficient (Wildman–Crippen LogP) is 4.40. The van der Waals surface area contributed by atoms with Gasteiger partial charge in [-0.15, -0.1) is 11.8 Å². The average Bonchev–Trinajstić information content (AvgIpc) is 2.76. The summed E-state index contributed by atoms with van der Waals surface area (Å²) in [5.41, 5.74) is 1.94. The first-order valence-corrected chi connectivity index (χ1v) is 11.2. The van der Waals surface area contributed by atoms with Crippen LogP contribution in [0.2, 0.25) is 0 Å². The number of hydrogen-bond donors (Lipinski definition) is 1. The van der Waals surface area contributed by atoms with Crippen LogP contribution in [0.15, 0.2) is 53.4 Å². The van der Waals surface area contributed by atoms with Gasteiger partial charge < -0.3 is 15.0 Å². The summed E-state index contributed by atoms with van der Waals surface area (Å²) in [6, 6.07) is 15.7. The molecular weight excluding hydrogens is 384 g/mol. The van der Waals surface area contributed by atoms with Crippen molar-refractivity contribution in [2.24, 2.45) is 0 Å². The Balaban J connectivity index is 1.45. The van der Waals surface area contributed by atoms with Gasteiger partial charge in [0.25, 0.3) is 0 Å². The minimum atomic E-state index is -0.115. The Morgan fingerprint density at radius 1 is 1.14 bits per heavy atom. The topological polar surface area (TPSA) is 58.6 Å². The number of amides is 2. The summed E-state index contributed by atoms with van der Waals surface area (Å²) in [5, 5.41) is 2.90. The van der Waals surface area contributed by atoms with Crippen molar-refractivity contribution in [2.75, 3.05) is 23.8 Å². The smallest absolute Gasteiger partial charge is 0.227 e. The van der Waals surface area contributed by atoms with E-state index < -0.39 is 0 Å². The largest absolute Gasteiger partial charge is 0.494 e. The zero-order chi connectivity index (χ0) is 20.5. The van der Waals surface area contributed by atoms with Crippen LogP contribution in [0.4, 0.5) is 5.69 Å². The van der Waals surface area contributed by atoms with Crippen molar-refractivity contribution in [3.63, 3.8) is 0 Å². The molecular formula is C23H28N2O3S. The Labute approximate surface area is 176 Å². The maximum absolute atomic E-state index is 12.6. The number of nitrogens with one attached hydrogen (secondary N) is 1. The van der Waals surface area contributed by atoms with Gasteiger partial charge in [-0.25, -0.2) is 0 Å². The fourth-order valence-corrected chi connectivity index (χ4v) is 4.15. The predicted molar refractivity (Wildman–Crippen MR) is 117 cm³/mol. The Kier molecular flexibility index (Phi) is 7.99. The second kappa shape index (κ2) is 10.9. The monoisotopic (exact) mass is 412 g/mol. The third-order valence-electron chi connectivity index (χ3n) is 4.75. The number of nitrogens with zero attached hydrogens (tertiary/aromatic N) is 1. The molecule has 0 saturated carbocycles. The van der Waals surface area contributed by atoms with Crippen molar-refractivity contribution in [1.82, 2.24) is 5.32 Å². The number of anilines is 1. The fourth-order valence-electron chi connectivity index (χ4n) is 3.15. The average molecular weight is 413 g/mol. The van der Waals surface area contributed by atoms with Crippen molar-refractivity contribution in [1.29, 1.82) is 0 Å². The van der Waals surface area contributed by atoms with Crippen LogP contribution in [-0.2, 0) is 16.1 Å². The molecule has 2 amide bonds. The van der Waals surface area contributed by atoms with Crippen LogP contribution in [-0.4, -0.2) is 30.7 Å². The third-order valence-corrected chi connectivity index (χ3v) is 5.79. The zero-order valence-corrected chi connectivity index (χ0v) is 17.7. The first-order chi connectivity index (χ1) is 14.2. The number of carbonyl (C=O) groups is 2. The molecule has 2 aromatic rings. The molecule has 0 radical (unpaired) electrons. The first-order valence-electron chi connectivity index (χ1n) is 10.2. The van der Waals surface area contributed by atoms with E-state index in [2.05, 4.69) is 12.2 Å². The quantitative estimate of drug-likeness (QED) is 0.620. The third kappa shape index (κ3) is 6.26. The molecule has 1 N–H and O–H groups in total. The number of carbonyl (C=O) groups excluding carboxylic acids is 2. The molecule has 1 heterocycles. The van der Waals surface area contributed by atoms with Crippen LogP contribution < -0.4 is 15.0 Å². The van der Waals surface area contributed by atoms with E-state index in [-0.39, 0.29) is 24.7 Å². The van der Waals surface area contributed by atoms with Crippen LogP contribution in [0.5, 0.6) is 5.75 Å². The summed E-state index contributed by atoms with van der Waals surface area (Å²) in [5.74, 6) is 1.59. The summed E-state index contributed by atoms with van der Waals surface area (Å²) < 4.78 is 5.70. The number of rotatable bonds is 9. The van der Waals surface area contributed by atoms with Gasteiger partial charge in [0.2, 0.25) is 11.8 Å². The van der Waals surface area contributed by atoms with E-state index in [4.69, 9.17) is 4.74 Å². The number of fused-ring (bicyclic) bond motifs is 1. The summed E-state index contributed by atoms with van der Waals surface area (Å²) >= 11 is 1.76. The molecule has 0 unspecified atom stereocenters. The Morgan fingerprint density at radius 2 is 2.00 bits per heavy atom. The van der Waals surface area contributed by atoms with Crippen molar-refractivity contribution >= 4 is 29.3 Å². The van der Waals surface area contributed by atoms with Crippen molar-refractivity contribution in [3.05, 3.63) is 54.1 Å². The molecule has 29 heavy (non-hydrogen) atoms. The standard InChI is InChI=1S/C23H28N2O3S/c1-2-3-14-28-19-8-6-7-18(16-19)17-24-22(26)11-12-23(27)25-13-15-29-21-10-5-4-9-20(21)25/h4-10,16H,2-3,11-15,17H2,1H3,(H,24,26). The molecule has 1 aliphatic heterocycles. The summed E-state index contributed by atoms with van der Waals surface area (Å²) in [4.78, 5) is 27.8. The number of hydrogen-bond acceptors (Lipinski definition) is 4. The molecule has 0 aliphatic carbocycles. The molecule has 5 nitrogen and oxygen atoms in total. The molecule has 6 heteroatoms. The van der Waals surface area contributed by atoms with Gasteiger partial charge in [-0.3, -0.25) is 9.59 Å². The van der Waals surface area contributed by atoms with Crippen molar-refractivity contribution < 1.29 is 14.3 Å². The number of unbranched alkanes of at least 4 members (excludes halogenated alkanes) is 1. The van der Waals surface area contributed by atoms with Gasteiger partial charge in [0.05, 0.1) is 12.3 Å². The van der Waals surface area contributed by atoms with Gasteiger partial charge in [-0.1, -0.05) is 37.6 Å². The number of thioether (sulfide) groups is 1. The first kappa shape index (κ1) is 21.2. The van der Waals surface area contributed by atoms with Crippen molar-refractivity contribution in [3.8, 4) is 5.75 Å². The molecule has 0 bridgehead atoms. The summed E-state index contributed by atoms with van der Waals surface area (Å²) in [7, 11) is 0. The van der Waals surface area contributed by atoms with E-state index in [1.54, 1.807) is 16.7 Å². The van der Waals surface area contributed by atoms with Gasteiger partial charge in [0, 0.05) is 36.6 Å². The lowest BCUT2D eigenvalue weighted by atomic mass is 10.2. The van der Waals surface area contributed by atoms with Crippen molar-refractivity contribution in [2.45, 2.75) is 44.0 Å². The normalized spacial score (nSPS) is 12.9. The number of ether oxygens (including phenoxy) is 1. The minimum Gasteiger partial charge on any atom is -0.494 e. The highest BCUT2D eigenvalue weighted by Gasteiger charge is 2.22. The van der Waals surface area contributed by atoms with E-state index in [9.17, 15) is 9.59 Å². The fraction of sp³-hybridized carbons (Fsp3) is 0.391. The van der Waals surface area contributed by atoms with Crippen LogP contribution in [0.1, 0.15) is 38.2 Å². The van der Waals surface area contributed by atoms with E-state index >= 15 is 0 Å². The highest BCUT2D eigenvalue weighted by molar-refractivity contribution is 7.99. The molecule has 0 saturated heterocycles. The van der Waals surface area contributed by atoms with Gasteiger partial charge in [0.1, 0.15) is 5.75 Å². The second-order valence-electron chi connectivity index (χ2n) is 6.99. The van der Waals surface area contributed by atoms with Gasteiger partial charge in [0.15, 0.2) is 0 Å². The molecule has 154 valence electrons. The molecule has 1 aliphatic rings. The van der Waals surface area contributed by atoms with E-state index in [0.717, 1.165) is 40.5 Å². The molecule has 2 aromatic carbocycles. The second-order valence-corrected chi connectivity index (χ2v) is 8.12. The van der Waals surface area contributed by atoms with Crippen LogP contribution in [0, 0.1) is 0 Å². The maximum Gasteiger partial charge on any atom is 0.227 e. The highest BCUT2D eigenvalue weighted by atomic mass is 32.2. The lowest BCUT2D eigenvalue weighted by Crippen LogP contribution is -2.36. The van der Waals surface area contributed by atoms with Gasteiger partial charge >= 0.3 is 0 Å². The van der Waals surface area contributed by atoms with Gasteiger partial charge in [-0.05, 0) is 36.2 Å². The van der Waals surface area contributed by atoms with Gasteiger partial charge in [-0.2, -0.15) is 0 Å². The Bertz CT molecular complexity index is 840. The molecule has 0 spiro atoms. The number of benzene rings is 2. The summed E-state index contributed by atoms with van der Waals surface area (Å²) in [6.45, 7) is 3.95. The van der Waals surface area contributed by atoms with Crippen LogP contribution in [0.25, 0.3) is 0 Å².